The molecule has 2 amide bonds. The number of hydrogen-bond donors (Lipinski definition) is 3. The Morgan fingerprint density at radius 3 is 1.03 bits per heavy atom. The summed E-state index contributed by atoms with van der Waals surface area (Å²) < 4.78 is 16.6. The van der Waals surface area contributed by atoms with Crippen LogP contribution < -0.4 is 16.0 Å². The summed E-state index contributed by atoms with van der Waals surface area (Å²) in [6.45, 7) is 75.9. The van der Waals surface area contributed by atoms with Crippen molar-refractivity contribution in [3.63, 3.8) is 0 Å². The second kappa shape index (κ2) is 49.8. The molecule has 6 fully saturated rings. The van der Waals surface area contributed by atoms with Gasteiger partial charge >= 0.3 is 0 Å². The van der Waals surface area contributed by atoms with E-state index >= 15 is 0 Å². The van der Waals surface area contributed by atoms with E-state index in [0.717, 1.165) is 114 Å². The van der Waals surface area contributed by atoms with Crippen LogP contribution in [-0.2, 0) is 23.8 Å². The maximum Gasteiger partial charge on any atom is 0.241 e. The zero-order chi connectivity index (χ0) is 73.1. The maximum atomic E-state index is 12.2. The molecule has 572 valence electrons. The predicted molar refractivity (Wildman–Crippen MR) is 408 cm³/mol. The highest BCUT2D eigenvalue weighted by Crippen LogP contribution is 2.24. The van der Waals surface area contributed by atoms with Crippen LogP contribution in [0.1, 0.15) is 192 Å². The molecule has 6 rings (SSSR count). The Morgan fingerprint density at radius 1 is 0.365 bits per heavy atom. The third-order valence-corrected chi connectivity index (χ3v) is 18.0. The summed E-state index contributed by atoms with van der Waals surface area (Å²) in [5, 5.41) is 10.2. The van der Waals surface area contributed by atoms with E-state index in [-0.39, 0.29) is 30.0 Å². The summed E-state index contributed by atoms with van der Waals surface area (Å²) in [6, 6.07) is 4.78. The molecule has 0 aromatic rings. The van der Waals surface area contributed by atoms with E-state index in [1.165, 1.54) is 84.8 Å². The fourth-order valence-electron chi connectivity index (χ4n) is 12.1. The summed E-state index contributed by atoms with van der Waals surface area (Å²) in [5.74, 6) is 4.84. The van der Waals surface area contributed by atoms with Crippen molar-refractivity contribution in [3.8, 4) is 0 Å². The van der Waals surface area contributed by atoms with Gasteiger partial charge in [0.1, 0.15) is 6.73 Å². The van der Waals surface area contributed by atoms with Crippen molar-refractivity contribution in [3.05, 3.63) is 0 Å². The molecule has 0 saturated carbocycles. The van der Waals surface area contributed by atoms with Crippen LogP contribution in [0.4, 0.5) is 0 Å². The lowest BCUT2D eigenvalue weighted by atomic mass is 9.99. The fraction of sp³-hybridized carbons (Fsp3) is 0.974. The van der Waals surface area contributed by atoms with Crippen molar-refractivity contribution in [1.82, 2.24) is 74.7 Å². The quantitative estimate of drug-likeness (QED) is 0.0507. The van der Waals surface area contributed by atoms with Crippen LogP contribution in [0.25, 0.3) is 0 Å². The number of rotatable bonds is 38. The minimum absolute atomic E-state index is 0.0816. The van der Waals surface area contributed by atoms with E-state index in [2.05, 4.69) is 245 Å². The number of likely N-dealkylation sites (N-methyl/N-ethyl adjacent to an activating group) is 6. The largest absolute Gasteiger partial charge is 0.363 e. The molecule has 4 unspecified atom stereocenters. The molecule has 0 bridgehead atoms. The molecule has 6 saturated heterocycles. The first kappa shape index (κ1) is 92.3. The summed E-state index contributed by atoms with van der Waals surface area (Å²) in [4.78, 5) is 52.1. The summed E-state index contributed by atoms with van der Waals surface area (Å²) in [6.07, 6.45) is 5.54. The SMILES string of the molecule is CC(C)CN1CC(N(C)CNC(C)C)C1.CC(C)CN1CC(N(C)COC(C)C)C1.CC(C)CN1CCC1C(=O)N(C)CNC(C)C.CC(C)CN1CCC1C(=O)N(C)COC(C)C.CC(C)CN1CCC1CN(C)CNC(C)C.CC(C)CN1CCC1CN(C)COC(C)C. The highest BCUT2D eigenvalue weighted by Gasteiger charge is 2.38. The van der Waals surface area contributed by atoms with Crippen molar-refractivity contribution in [2.45, 2.75) is 265 Å². The van der Waals surface area contributed by atoms with Gasteiger partial charge < -0.3 is 34.6 Å². The van der Waals surface area contributed by atoms with Crippen molar-refractivity contribution in [2.24, 2.45) is 35.5 Å². The first-order chi connectivity index (χ1) is 44.8. The molecule has 0 aromatic heterocycles. The maximum absolute atomic E-state index is 12.2. The van der Waals surface area contributed by atoms with Crippen LogP contribution in [0.2, 0.25) is 0 Å². The van der Waals surface area contributed by atoms with Gasteiger partial charge in [0.05, 0.1) is 50.5 Å². The summed E-state index contributed by atoms with van der Waals surface area (Å²) in [7, 11) is 12.4. The smallest absolute Gasteiger partial charge is 0.241 e. The standard InChI is InChI=1S/C13H27N3O.C13H29N3.C13H26N2O2.C13H28N2O.C12H27N3.C12H26N2O/c1-10(2)8-16-7-6-12(16)13(17)15(5)9-14-11(3)4;1-11(2)8-16-7-6-13(16)9-15(5)10-14-12(3)4;1-10(2)8-15-7-6-12(15)13(16)14(5)9-17-11(3)4;1-11(2)8-15-7-6-13(15)9-14(5)10-16-12(3)4;1-10(2)6-15-7-12(8-15)14(5)9-13-11(3)4;1-10(2)6-14-7-12(8-14)13(5)9-15-11(3)4/h10-12,14H,6-9H2,1-5H3;11-14H,6-10H2,1-5H3;10-12H,6-9H2,1-5H3;11-13H,6-10H2,1-5H3;10-13H,6-9H2,1-5H3;10-12H,6-9H2,1-5H3. The summed E-state index contributed by atoms with van der Waals surface area (Å²) >= 11 is 0. The third kappa shape index (κ3) is 41.4. The van der Waals surface area contributed by atoms with Crippen molar-refractivity contribution in [2.75, 3.05) is 187 Å². The second-order valence-corrected chi connectivity index (χ2v) is 33.8. The minimum Gasteiger partial charge on any atom is -0.363 e. The van der Waals surface area contributed by atoms with E-state index in [1.54, 1.807) is 9.80 Å². The lowest BCUT2D eigenvalue weighted by Gasteiger charge is -2.45. The average molecular weight is 1370 g/mol. The molecular weight excluding hydrogens is 1200 g/mol. The molecule has 6 heterocycles. The van der Waals surface area contributed by atoms with E-state index in [4.69, 9.17) is 14.2 Å². The molecule has 4 atom stereocenters. The number of nitrogens with zero attached hydrogens (tertiary/aromatic N) is 12. The number of hydrogen-bond acceptors (Lipinski definition) is 18. The Labute approximate surface area is 595 Å². The number of nitrogens with one attached hydrogen (secondary N) is 3. The number of carbonyl (C=O) groups is 2. The predicted octanol–water partition coefficient (Wildman–Crippen LogP) is 9.18. The van der Waals surface area contributed by atoms with Gasteiger partial charge in [-0.05, 0) is 172 Å². The van der Waals surface area contributed by atoms with Gasteiger partial charge in [-0.1, -0.05) is 83.1 Å². The van der Waals surface area contributed by atoms with Gasteiger partial charge in [0.25, 0.3) is 0 Å². The molecule has 0 aliphatic carbocycles. The Balaban J connectivity index is 0.000000576. The molecule has 0 aromatic carbocycles. The molecule has 6 aliphatic rings. The van der Waals surface area contributed by atoms with Gasteiger partial charge in [0, 0.05) is 174 Å². The summed E-state index contributed by atoms with van der Waals surface area (Å²) in [5.41, 5.74) is 0. The Bertz CT molecular complexity index is 1800. The fourth-order valence-corrected chi connectivity index (χ4v) is 12.1. The Hall–Kier alpha value is -1.70. The van der Waals surface area contributed by atoms with E-state index in [0.29, 0.717) is 61.6 Å². The highest BCUT2D eigenvalue weighted by atomic mass is 16.5. The number of amides is 2. The van der Waals surface area contributed by atoms with Gasteiger partial charge in [-0.3, -0.25) is 63.9 Å². The zero-order valence-electron chi connectivity index (χ0n) is 68.7. The van der Waals surface area contributed by atoms with E-state index in [1.807, 2.05) is 27.9 Å². The van der Waals surface area contributed by atoms with Gasteiger partial charge in [0.2, 0.25) is 11.8 Å². The van der Waals surface area contributed by atoms with Crippen molar-refractivity contribution in [1.29, 1.82) is 0 Å². The molecule has 20 heteroatoms. The monoisotopic (exact) mass is 1370 g/mol. The number of ether oxygens (including phenoxy) is 3. The van der Waals surface area contributed by atoms with Crippen LogP contribution >= 0.6 is 0 Å². The van der Waals surface area contributed by atoms with Gasteiger partial charge in [-0.25, -0.2) is 0 Å². The van der Waals surface area contributed by atoms with Crippen LogP contribution in [0, 0.1) is 35.5 Å². The number of carbonyl (C=O) groups excluding carboxylic acids is 2. The number of likely N-dealkylation sites (tertiary alicyclic amines) is 6. The molecule has 0 radical (unpaired) electrons. The second-order valence-electron chi connectivity index (χ2n) is 33.8. The Morgan fingerprint density at radius 2 is 0.688 bits per heavy atom. The van der Waals surface area contributed by atoms with E-state index < -0.39 is 0 Å². The average Bonchev–Trinajstić information content (AvgIpc) is 0.925. The van der Waals surface area contributed by atoms with Gasteiger partial charge in [-0.2, -0.15) is 0 Å². The zero-order valence-corrected chi connectivity index (χ0v) is 68.7. The van der Waals surface area contributed by atoms with Crippen molar-refractivity contribution >= 4 is 11.8 Å². The van der Waals surface area contributed by atoms with Gasteiger partial charge in [0.15, 0.2) is 0 Å². The molecular formula is C76H163N15O5. The van der Waals surface area contributed by atoms with Gasteiger partial charge in [-0.15, -0.1) is 0 Å². The lowest BCUT2D eigenvalue weighted by molar-refractivity contribution is -0.147. The molecule has 6 aliphatic heterocycles. The van der Waals surface area contributed by atoms with Crippen molar-refractivity contribution < 1.29 is 23.8 Å². The topological polar surface area (TPSA) is 137 Å². The van der Waals surface area contributed by atoms with Crippen LogP contribution in [0.5, 0.6) is 0 Å². The lowest BCUT2D eigenvalue weighted by Crippen LogP contribution is -2.60. The Kier molecular flexibility index (Phi) is 47.9. The molecule has 20 nitrogen and oxygen atoms in total. The third-order valence-electron chi connectivity index (χ3n) is 18.0. The molecule has 3 N–H and O–H groups in total. The van der Waals surface area contributed by atoms with Crippen LogP contribution in [0.3, 0.4) is 0 Å². The first-order valence-corrected chi connectivity index (χ1v) is 38.5. The normalized spacial score (nSPS) is 20.7. The van der Waals surface area contributed by atoms with E-state index in [9.17, 15) is 9.59 Å². The minimum atomic E-state index is 0.0816. The van der Waals surface area contributed by atoms with Crippen LogP contribution in [0.15, 0.2) is 0 Å². The molecule has 0 spiro atoms. The van der Waals surface area contributed by atoms with Crippen LogP contribution in [-0.4, -0.2) is 331 Å². The molecule has 96 heavy (non-hydrogen) atoms. The highest BCUT2D eigenvalue weighted by molar-refractivity contribution is 5.83. The first-order valence-electron chi connectivity index (χ1n) is 38.5.